The first-order chi connectivity index (χ1) is 9.33. The highest BCUT2D eigenvalue weighted by atomic mass is 35.5. The summed E-state index contributed by atoms with van der Waals surface area (Å²) in [7, 11) is 0. The molecule has 3 rings (SSSR count). The average Bonchev–Trinajstić information content (AvgIpc) is 2.48. The van der Waals surface area contributed by atoms with E-state index in [1.807, 2.05) is 54.6 Å². The van der Waals surface area contributed by atoms with E-state index in [2.05, 4.69) is 22.4 Å². The zero-order valence-corrected chi connectivity index (χ0v) is 11.0. The van der Waals surface area contributed by atoms with Crippen molar-refractivity contribution in [1.82, 2.24) is 5.32 Å². The van der Waals surface area contributed by atoms with E-state index in [1.54, 1.807) is 0 Å². The molecule has 0 spiro atoms. The summed E-state index contributed by atoms with van der Waals surface area (Å²) in [5.41, 5.74) is 2.21. The van der Waals surface area contributed by atoms with Gasteiger partial charge in [-0.3, -0.25) is 0 Å². The topological polar surface area (TPSA) is 24.4 Å². The molecule has 2 aromatic carbocycles. The molecule has 0 aromatic heterocycles. The second-order valence-corrected chi connectivity index (χ2v) is 4.74. The highest BCUT2D eigenvalue weighted by molar-refractivity contribution is 6.30. The van der Waals surface area contributed by atoms with E-state index in [1.165, 1.54) is 5.56 Å². The molecule has 3 heteroatoms. The van der Waals surface area contributed by atoms with Crippen LogP contribution in [0.3, 0.4) is 0 Å². The van der Waals surface area contributed by atoms with Crippen LogP contribution in [0.15, 0.2) is 76.9 Å². The number of rotatable bonds is 2. The number of nitrogens with zero attached hydrogens (tertiary/aromatic N) is 1. The highest BCUT2D eigenvalue weighted by Crippen LogP contribution is 2.23. The summed E-state index contributed by atoms with van der Waals surface area (Å²) in [6, 6.07) is 20.3. The van der Waals surface area contributed by atoms with Gasteiger partial charge in [-0.2, -0.15) is 0 Å². The molecular formula is C16H13ClN2. The summed E-state index contributed by atoms with van der Waals surface area (Å²) >= 11 is 6.14. The maximum Gasteiger partial charge on any atom is 0.135 e. The Balaban J connectivity index is 1.92. The van der Waals surface area contributed by atoms with Crippen molar-refractivity contribution in [3.05, 3.63) is 83.0 Å². The van der Waals surface area contributed by atoms with E-state index >= 15 is 0 Å². The van der Waals surface area contributed by atoms with Gasteiger partial charge in [0.15, 0.2) is 0 Å². The number of nitrogens with one attached hydrogen (secondary N) is 1. The zero-order valence-electron chi connectivity index (χ0n) is 10.3. The fourth-order valence-electron chi connectivity index (χ4n) is 2.09. The summed E-state index contributed by atoms with van der Waals surface area (Å²) in [6.07, 6.45) is 1.92. The molecule has 1 aliphatic heterocycles. The van der Waals surface area contributed by atoms with Crippen LogP contribution in [-0.4, -0.2) is 5.84 Å². The van der Waals surface area contributed by atoms with Crippen LogP contribution in [-0.2, 0) is 0 Å². The lowest BCUT2D eigenvalue weighted by Crippen LogP contribution is -2.30. The Morgan fingerprint density at radius 2 is 1.53 bits per heavy atom. The first-order valence-corrected chi connectivity index (χ1v) is 6.53. The Labute approximate surface area is 117 Å². The first-order valence-electron chi connectivity index (χ1n) is 6.16. The lowest BCUT2D eigenvalue weighted by molar-refractivity contribution is 0.773. The van der Waals surface area contributed by atoms with Gasteiger partial charge >= 0.3 is 0 Å². The van der Waals surface area contributed by atoms with Crippen molar-refractivity contribution >= 4 is 17.4 Å². The maximum atomic E-state index is 6.14. The molecule has 1 atom stereocenters. The van der Waals surface area contributed by atoms with Crippen molar-refractivity contribution in [2.24, 2.45) is 4.99 Å². The molecule has 1 N–H and O–H groups in total. The molecule has 0 bridgehead atoms. The van der Waals surface area contributed by atoms with E-state index in [4.69, 9.17) is 11.6 Å². The third kappa shape index (κ3) is 2.69. The van der Waals surface area contributed by atoms with Gasteiger partial charge in [0, 0.05) is 5.56 Å². The Kier molecular flexibility index (Phi) is 3.34. The van der Waals surface area contributed by atoms with Gasteiger partial charge in [0.2, 0.25) is 0 Å². The number of halogens is 1. The molecule has 2 aromatic rings. The molecule has 19 heavy (non-hydrogen) atoms. The highest BCUT2D eigenvalue weighted by Gasteiger charge is 2.17. The van der Waals surface area contributed by atoms with Crippen LogP contribution in [0.5, 0.6) is 0 Å². The number of aliphatic imine (C=N–C) groups is 1. The van der Waals surface area contributed by atoms with Crippen LogP contribution >= 0.6 is 11.6 Å². The molecule has 0 saturated carbocycles. The maximum absolute atomic E-state index is 6.14. The van der Waals surface area contributed by atoms with Crippen LogP contribution in [0, 0.1) is 0 Å². The number of benzene rings is 2. The Morgan fingerprint density at radius 3 is 2.21 bits per heavy atom. The van der Waals surface area contributed by atoms with Crippen LogP contribution in [0.25, 0.3) is 0 Å². The lowest BCUT2D eigenvalue weighted by Gasteiger charge is -2.22. The summed E-state index contributed by atoms with van der Waals surface area (Å²) in [6.45, 7) is 0. The number of hydrogen-bond donors (Lipinski definition) is 1. The molecule has 2 nitrogen and oxygen atoms in total. The second kappa shape index (κ2) is 5.29. The van der Waals surface area contributed by atoms with Crippen molar-refractivity contribution in [2.45, 2.75) is 6.04 Å². The summed E-state index contributed by atoms with van der Waals surface area (Å²) in [5, 5.41) is 3.93. The van der Waals surface area contributed by atoms with Crippen LogP contribution in [0.1, 0.15) is 17.2 Å². The molecule has 0 radical (unpaired) electrons. The van der Waals surface area contributed by atoms with Crippen molar-refractivity contribution in [3.63, 3.8) is 0 Å². The van der Waals surface area contributed by atoms with Gasteiger partial charge in [-0.05, 0) is 11.6 Å². The largest absolute Gasteiger partial charge is 0.359 e. The summed E-state index contributed by atoms with van der Waals surface area (Å²) in [4.78, 5) is 4.36. The Hall–Kier alpha value is -2.06. The van der Waals surface area contributed by atoms with E-state index in [-0.39, 0.29) is 6.04 Å². The van der Waals surface area contributed by atoms with Gasteiger partial charge in [0.05, 0.1) is 6.04 Å². The van der Waals surface area contributed by atoms with Crippen LogP contribution in [0.2, 0.25) is 0 Å². The fraction of sp³-hybridized carbons (Fsp3) is 0.0625. The average molecular weight is 269 g/mol. The normalized spacial score (nSPS) is 18.3. The minimum atomic E-state index is 0.0569. The summed E-state index contributed by atoms with van der Waals surface area (Å²) < 4.78 is 0. The number of amidine groups is 1. The second-order valence-electron chi connectivity index (χ2n) is 4.35. The smallest absolute Gasteiger partial charge is 0.135 e. The third-order valence-corrected chi connectivity index (χ3v) is 3.23. The molecule has 0 fully saturated rings. The monoisotopic (exact) mass is 268 g/mol. The molecular weight excluding hydrogens is 256 g/mol. The van der Waals surface area contributed by atoms with Gasteiger partial charge in [-0.25, -0.2) is 4.99 Å². The van der Waals surface area contributed by atoms with Gasteiger partial charge in [-0.15, -0.1) is 0 Å². The predicted octanol–water partition coefficient (Wildman–Crippen LogP) is 3.86. The lowest BCUT2D eigenvalue weighted by atomic mass is 10.0. The van der Waals surface area contributed by atoms with Gasteiger partial charge < -0.3 is 5.32 Å². The SMILES string of the molecule is ClC1=CC(c2ccccc2)NC(c2ccccc2)=N1. The van der Waals surface area contributed by atoms with Gasteiger partial charge in [0.1, 0.15) is 11.0 Å². The van der Waals surface area contributed by atoms with E-state index in [0.717, 1.165) is 11.4 Å². The van der Waals surface area contributed by atoms with Crippen molar-refractivity contribution in [3.8, 4) is 0 Å². The quantitative estimate of drug-likeness (QED) is 0.822. The third-order valence-electron chi connectivity index (χ3n) is 3.02. The van der Waals surface area contributed by atoms with E-state index in [0.29, 0.717) is 5.16 Å². The Morgan fingerprint density at radius 1 is 0.895 bits per heavy atom. The zero-order chi connectivity index (χ0) is 13.1. The first kappa shape index (κ1) is 12.0. The van der Waals surface area contributed by atoms with Gasteiger partial charge in [-0.1, -0.05) is 72.3 Å². The van der Waals surface area contributed by atoms with Crippen molar-refractivity contribution in [2.75, 3.05) is 0 Å². The molecule has 94 valence electrons. The molecule has 0 amide bonds. The molecule has 1 aliphatic rings. The Bertz CT molecular complexity index is 618. The predicted molar refractivity (Wildman–Crippen MR) is 79.2 cm³/mol. The number of hydrogen-bond acceptors (Lipinski definition) is 2. The van der Waals surface area contributed by atoms with Crippen molar-refractivity contribution in [1.29, 1.82) is 0 Å². The minimum absolute atomic E-state index is 0.0569. The standard InChI is InChI=1S/C16H13ClN2/c17-15-11-14(12-7-3-1-4-8-12)18-16(19-15)13-9-5-2-6-10-13/h1-11,14H,(H,18,19). The van der Waals surface area contributed by atoms with Crippen molar-refractivity contribution < 1.29 is 0 Å². The fourth-order valence-corrected chi connectivity index (χ4v) is 2.30. The molecule has 0 aliphatic carbocycles. The van der Waals surface area contributed by atoms with Crippen LogP contribution in [0.4, 0.5) is 0 Å². The molecule has 1 unspecified atom stereocenters. The molecule has 1 heterocycles. The van der Waals surface area contributed by atoms with E-state index in [9.17, 15) is 0 Å². The molecule has 0 saturated heterocycles. The minimum Gasteiger partial charge on any atom is -0.359 e. The van der Waals surface area contributed by atoms with Gasteiger partial charge in [0.25, 0.3) is 0 Å². The van der Waals surface area contributed by atoms with Crippen LogP contribution < -0.4 is 5.32 Å². The summed E-state index contributed by atoms with van der Waals surface area (Å²) in [5.74, 6) is 0.807. The van der Waals surface area contributed by atoms with E-state index < -0.39 is 0 Å².